The predicted octanol–water partition coefficient (Wildman–Crippen LogP) is 4.44. The van der Waals surface area contributed by atoms with E-state index in [-0.39, 0.29) is 0 Å². The molecule has 0 aliphatic heterocycles. The molecule has 0 spiro atoms. The Bertz CT molecular complexity index is 596. The average molecular weight is 381 g/mol. The zero-order valence-electron chi connectivity index (χ0n) is 12.2. The number of benzene rings is 1. The zero-order chi connectivity index (χ0) is 14.5. The molecule has 1 N–H and O–H groups in total. The van der Waals surface area contributed by atoms with Gasteiger partial charge in [-0.2, -0.15) is 0 Å². The smallest absolute Gasteiger partial charge is 0.162 e. The van der Waals surface area contributed by atoms with Gasteiger partial charge in [-0.15, -0.1) is 0 Å². The van der Waals surface area contributed by atoms with Gasteiger partial charge in [-0.25, -0.2) is 9.97 Å². The molecule has 0 fully saturated rings. The lowest BCUT2D eigenvalue weighted by Crippen LogP contribution is -2.09. The first kappa shape index (κ1) is 15.2. The van der Waals surface area contributed by atoms with Crippen molar-refractivity contribution in [2.75, 3.05) is 11.9 Å². The number of halogens is 1. The van der Waals surface area contributed by atoms with Crippen LogP contribution in [0.15, 0.2) is 24.3 Å². The molecule has 106 valence electrons. The molecule has 1 heterocycles. The van der Waals surface area contributed by atoms with Gasteiger partial charge in [0.1, 0.15) is 5.82 Å². The number of aromatic nitrogens is 2. The normalized spacial score (nSPS) is 10.6. The van der Waals surface area contributed by atoms with E-state index in [1.54, 1.807) is 0 Å². The molecule has 0 saturated heterocycles. The lowest BCUT2D eigenvalue weighted by atomic mass is 10.1. The van der Waals surface area contributed by atoms with Crippen molar-refractivity contribution in [1.29, 1.82) is 0 Å². The van der Waals surface area contributed by atoms with Crippen LogP contribution in [0.4, 0.5) is 5.82 Å². The average Bonchev–Trinajstić information content (AvgIpc) is 2.47. The molecule has 0 aliphatic carbocycles. The van der Waals surface area contributed by atoms with Crippen LogP contribution in [0.2, 0.25) is 0 Å². The van der Waals surface area contributed by atoms with Gasteiger partial charge in [0, 0.05) is 12.1 Å². The van der Waals surface area contributed by atoms with E-state index >= 15 is 0 Å². The van der Waals surface area contributed by atoms with Gasteiger partial charge in [0.05, 0.1) is 9.26 Å². The summed E-state index contributed by atoms with van der Waals surface area (Å²) in [6, 6.07) is 8.26. The summed E-state index contributed by atoms with van der Waals surface area (Å²) in [6.07, 6.45) is 2.00. The maximum Gasteiger partial charge on any atom is 0.162 e. The minimum absolute atomic E-state index is 0.818. The van der Waals surface area contributed by atoms with Gasteiger partial charge in [0.2, 0.25) is 0 Å². The van der Waals surface area contributed by atoms with Gasteiger partial charge in [-0.05, 0) is 47.9 Å². The van der Waals surface area contributed by atoms with Gasteiger partial charge in [-0.1, -0.05) is 38.1 Å². The first-order chi connectivity index (χ1) is 9.67. The molecule has 2 rings (SSSR count). The largest absolute Gasteiger partial charge is 0.369 e. The molecule has 3 nitrogen and oxygen atoms in total. The maximum absolute atomic E-state index is 4.73. The highest BCUT2D eigenvalue weighted by atomic mass is 127. The van der Waals surface area contributed by atoms with E-state index in [2.05, 4.69) is 60.8 Å². The molecule has 20 heavy (non-hydrogen) atoms. The van der Waals surface area contributed by atoms with Crippen LogP contribution < -0.4 is 5.32 Å². The number of rotatable bonds is 5. The van der Waals surface area contributed by atoms with Crippen molar-refractivity contribution in [2.45, 2.75) is 33.6 Å². The zero-order valence-corrected chi connectivity index (χ0v) is 14.4. The predicted molar refractivity (Wildman–Crippen MR) is 93.1 cm³/mol. The number of nitrogens with zero attached hydrogens (tertiary/aromatic N) is 2. The summed E-state index contributed by atoms with van der Waals surface area (Å²) in [4.78, 5) is 9.45. The Morgan fingerprint density at radius 3 is 2.55 bits per heavy atom. The van der Waals surface area contributed by atoms with E-state index in [9.17, 15) is 0 Å². The third kappa shape index (κ3) is 3.29. The summed E-state index contributed by atoms with van der Waals surface area (Å²) < 4.78 is 1.14. The van der Waals surface area contributed by atoms with Crippen molar-refractivity contribution in [3.8, 4) is 11.4 Å². The third-order valence-electron chi connectivity index (χ3n) is 3.18. The molecule has 0 bridgehead atoms. The summed E-state index contributed by atoms with van der Waals surface area (Å²) in [5.74, 6) is 1.77. The number of hydrogen-bond acceptors (Lipinski definition) is 3. The molecule has 0 amide bonds. The SMILES string of the molecule is CCCNc1nc(-c2ccccc2C)nc(CC)c1I. The first-order valence-corrected chi connectivity index (χ1v) is 8.11. The molecule has 0 atom stereocenters. The minimum Gasteiger partial charge on any atom is -0.369 e. The van der Waals surface area contributed by atoms with Crippen LogP contribution in [0.25, 0.3) is 11.4 Å². The highest BCUT2D eigenvalue weighted by Gasteiger charge is 2.13. The second-order valence-corrected chi connectivity index (χ2v) is 5.83. The molecule has 2 aromatic rings. The van der Waals surface area contributed by atoms with Crippen LogP contribution in [0.5, 0.6) is 0 Å². The van der Waals surface area contributed by atoms with Gasteiger partial charge in [-0.3, -0.25) is 0 Å². The molecule has 1 aromatic heterocycles. The highest BCUT2D eigenvalue weighted by molar-refractivity contribution is 14.1. The van der Waals surface area contributed by atoms with Crippen LogP contribution in [0.1, 0.15) is 31.5 Å². The van der Waals surface area contributed by atoms with Crippen molar-refractivity contribution in [3.63, 3.8) is 0 Å². The van der Waals surface area contributed by atoms with E-state index in [0.29, 0.717) is 0 Å². The second-order valence-electron chi connectivity index (χ2n) is 4.75. The number of hydrogen-bond donors (Lipinski definition) is 1. The summed E-state index contributed by atoms with van der Waals surface area (Å²) in [5.41, 5.74) is 3.42. The van der Waals surface area contributed by atoms with Crippen molar-refractivity contribution < 1.29 is 0 Å². The molecule has 0 radical (unpaired) electrons. The summed E-state index contributed by atoms with van der Waals surface area (Å²) in [6.45, 7) is 7.32. The van der Waals surface area contributed by atoms with Crippen molar-refractivity contribution in [1.82, 2.24) is 9.97 Å². The minimum atomic E-state index is 0.818. The quantitative estimate of drug-likeness (QED) is 0.779. The monoisotopic (exact) mass is 381 g/mol. The standard InChI is InChI=1S/C16H20IN3/c1-4-10-18-16-14(17)13(5-2)19-15(20-16)12-9-7-6-8-11(12)3/h6-9H,4-5,10H2,1-3H3,(H,18,19,20). The Morgan fingerprint density at radius 1 is 1.15 bits per heavy atom. The number of anilines is 1. The molecule has 1 aromatic carbocycles. The van der Waals surface area contributed by atoms with E-state index in [1.807, 2.05) is 12.1 Å². The molecule has 4 heteroatoms. The molecule has 0 aliphatic rings. The Hall–Kier alpha value is -1.17. The number of aryl methyl sites for hydroxylation is 2. The summed E-state index contributed by atoms with van der Waals surface area (Å²) >= 11 is 2.34. The van der Waals surface area contributed by atoms with Crippen molar-refractivity contribution in [3.05, 3.63) is 39.1 Å². The van der Waals surface area contributed by atoms with Gasteiger partial charge < -0.3 is 5.32 Å². The van der Waals surface area contributed by atoms with E-state index in [4.69, 9.17) is 9.97 Å². The van der Waals surface area contributed by atoms with Gasteiger partial charge >= 0.3 is 0 Å². The third-order valence-corrected chi connectivity index (χ3v) is 4.32. The summed E-state index contributed by atoms with van der Waals surface area (Å²) in [5, 5.41) is 3.41. The molecule has 0 unspecified atom stereocenters. The lowest BCUT2D eigenvalue weighted by Gasteiger charge is -2.13. The Labute approximate surface area is 134 Å². The molecular formula is C16H20IN3. The Balaban J connectivity index is 2.51. The topological polar surface area (TPSA) is 37.8 Å². The first-order valence-electron chi connectivity index (χ1n) is 7.03. The van der Waals surface area contributed by atoms with Crippen LogP contribution in [0.3, 0.4) is 0 Å². The summed E-state index contributed by atoms with van der Waals surface area (Å²) in [7, 11) is 0. The molecular weight excluding hydrogens is 361 g/mol. The van der Waals surface area contributed by atoms with Crippen LogP contribution in [0, 0.1) is 10.5 Å². The van der Waals surface area contributed by atoms with Crippen molar-refractivity contribution >= 4 is 28.4 Å². The maximum atomic E-state index is 4.73. The molecule has 0 saturated carbocycles. The lowest BCUT2D eigenvalue weighted by molar-refractivity contribution is 0.942. The van der Waals surface area contributed by atoms with Gasteiger partial charge in [0.15, 0.2) is 5.82 Å². The fraction of sp³-hybridized carbons (Fsp3) is 0.375. The second kappa shape index (κ2) is 7.02. The van der Waals surface area contributed by atoms with Crippen LogP contribution >= 0.6 is 22.6 Å². The number of nitrogens with one attached hydrogen (secondary N) is 1. The van der Waals surface area contributed by atoms with E-state index in [1.165, 1.54) is 5.56 Å². The fourth-order valence-electron chi connectivity index (χ4n) is 2.03. The van der Waals surface area contributed by atoms with E-state index < -0.39 is 0 Å². The van der Waals surface area contributed by atoms with Crippen molar-refractivity contribution in [2.24, 2.45) is 0 Å². The van der Waals surface area contributed by atoms with Gasteiger partial charge in [0.25, 0.3) is 0 Å². The Morgan fingerprint density at radius 2 is 1.90 bits per heavy atom. The van der Waals surface area contributed by atoms with Crippen LogP contribution in [-0.4, -0.2) is 16.5 Å². The van der Waals surface area contributed by atoms with E-state index in [0.717, 1.165) is 45.9 Å². The van der Waals surface area contributed by atoms with Crippen LogP contribution in [-0.2, 0) is 6.42 Å². The Kier molecular flexibility index (Phi) is 5.34. The highest BCUT2D eigenvalue weighted by Crippen LogP contribution is 2.26. The fourth-order valence-corrected chi connectivity index (χ4v) is 2.85.